The predicted molar refractivity (Wildman–Crippen MR) is 78.1 cm³/mol. The second-order valence-electron chi connectivity index (χ2n) is 3.70. The summed E-state index contributed by atoms with van der Waals surface area (Å²) in [7, 11) is 3.36. The molecule has 0 unspecified atom stereocenters. The van der Waals surface area contributed by atoms with E-state index in [9.17, 15) is 0 Å². The van der Waals surface area contributed by atoms with Crippen molar-refractivity contribution in [1.82, 2.24) is 10.6 Å². The van der Waals surface area contributed by atoms with E-state index in [1.165, 1.54) is 0 Å². The van der Waals surface area contributed by atoms with Gasteiger partial charge in [0.25, 0.3) is 0 Å². The third-order valence-corrected chi connectivity index (χ3v) is 2.34. The molecule has 0 amide bonds. The molecule has 0 saturated heterocycles. The van der Waals surface area contributed by atoms with Crippen LogP contribution in [0.25, 0.3) is 0 Å². The summed E-state index contributed by atoms with van der Waals surface area (Å²) < 4.78 is 10.7. The van der Waals surface area contributed by atoms with Crippen molar-refractivity contribution in [3.8, 4) is 11.5 Å². The molecule has 5 heteroatoms. The molecule has 0 saturated carbocycles. The Kier molecular flexibility index (Phi) is 6.94. The number of aliphatic imine (C=N–C) groups is 1. The molecule has 2 N–H and O–H groups in total. The van der Waals surface area contributed by atoms with E-state index in [0.29, 0.717) is 19.7 Å². The van der Waals surface area contributed by atoms with Crippen LogP contribution >= 0.6 is 0 Å². The van der Waals surface area contributed by atoms with Crippen LogP contribution in [0.2, 0.25) is 0 Å². The second kappa shape index (κ2) is 8.85. The van der Waals surface area contributed by atoms with E-state index in [2.05, 4.69) is 22.2 Å². The number of benzene rings is 1. The average molecular weight is 263 g/mol. The van der Waals surface area contributed by atoms with Crippen LogP contribution in [0.3, 0.4) is 0 Å². The molecule has 0 fully saturated rings. The zero-order valence-electron chi connectivity index (χ0n) is 11.5. The van der Waals surface area contributed by atoms with Crippen molar-refractivity contribution in [2.24, 2.45) is 4.99 Å². The van der Waals surface area contributed by atoms with Gasteiger partial charge in [-0.15, -0.1) is 6.58 Å². The summed E-state index contributed by atoms with van der Waals surface area (Å²) in [5.74, 6) is 2.30. The zero-order chi connectivity index (χ0) is 13.9. The van der Waals surface area contributed by atoms with E-state index in [1.54, 1.807) is 20.2 Å². The summed E-state index contributed by atoms with van der Waals surface area (Å²) in [5, 5.41) is 6.22. The lowest BCUT2D eigenvalue weighted by atomic mass is 10.3. The second-order valence-corrected chi connectivity index (χ2v) is 3.70. The number of methoxy groups -OCH3 is 1. The van der Waals surface area contributed by atoms with Crippen molar-refractivity contribution in [2.75, 3.05) is 33.9 Å². The highest BCUT2D eigenvalue weighted by Crippen LogP contribution is 2.18. The SMILES string of the molecule is C=CCNC(=NC)NCCOc1cccc(OC)c1. The number of ether oxygens (including phenoxy) is 2. The number of hydrogen-bond donors (Lipinski definition) is 2. The standard InChI is InChI=1S/C14H21N3O2/c1-4-8-16-14(15-2)17-9-10-19-13-7-5-6-12(11-13)18-3/h4-7,11H,1,8-10H2,2-3H3,(H2,15,16,17). The molecule has 0 spiro atoms. The van der Waals surface area contributed by atoms with Crippen molar-refractivity contribution in [3.05, 3.63) is 36.9 Å². The zero-order valence-corrected chi connectivity index (χ0v) is 11.5. The first-order valence-corrected chi connectivity index (χ1v) is 6.12. The Morgan fingerprint density at radius 3 is 2.84 bits per heavy atom. The third-order valence-electron chi connectivity index (χ3n) is 2.34. The van der Waals surface area contributed by atoms with E-state index in [0.717, 1.165) is 17.5 Å². The maximum atomic E-state index is 5.60. The van der Waals surface area contributed by atoms with Crippen LogP contribution in [0, 0.1) is 0 Å². The molecular weight excluding hydrogens is 242 g/mol. The highest BCUT2D eigenvalue weighted by atomic mass is 16.5. The van der Waals surface area contributed by atoms with Crippen molar-refractivity contribution in [3.63, 3.8) is 0 Å². The lowest BCUT2D eigenvalue weighted by Crippen LogP contribution is -2.39. The Bertz CT molecular complexity index is 419. The number of nitrogens with zero attached hydrogens (tertiary/aromatic N) is 1. The number of hydrogen-bond acceptors (Lipinski definition) is 3. The fraction of sp³-hybridized carbons (Fsp3) is 0.357. The van der Waals surface area contributed by atoms with Gasteiger partial charge in [0.05, 0.1) is 13.7 Å². The summed E-state index contributed by atoms with van der Waals surface area (Å²) in [6.45, 7) is 5.52. The largest absolute Gasteiger partial charge is 0.497 e. The molecule has 0 bridgehead atoms. The smallest absolute Gasteiger partial charge is 0.191 e. The Morgan fingerprint density at radius 1 is 1.37 bits per heavy atom. The topological polar surface area (TPSA) is 54.9 Å². The van der Waals surface area contributed by atoms with E-state index >= 15 is 0 Å². The fourth-order valence-corrected chi connectivity index (χ4v) is 1.42. The molecule has 5 nitrogen and oxygen atoms in total. The van der Waals surface area contributed by atoms with Crippen LogP contribution in [-0.2, 0) is 0 Å². The van der Waals surface area contributed by atoms with Crippen LogP contribution in [-0.4, -0.2) is 39.8 Å². The van der Waals surface area contributed by atoms with Crippen molar-refractivity contribution >= 4 is 5.96 Å². The molecule has 0 aliphatic heterocycles. The summed E-state index contributed by atoms with van der Waals surface area (Å²) in [6.07, 6.45) is 1.78. The highest BCUT2D eigenvalue weighted by molar-refractivity contribution is 5.79. The van der Waals surface area contributed by atoms with E-state index in [1.807, 2.05) is 24.3 Å². The molecule has 0 heterocycles. The minimum Gasteiger partial charge on any atom is -0.497 e. The Hall–Kier alpha value is -2.17. The molecule has 1 aromatic carbocycles. The number of rotatable bonds is 7. The van der Waals surface area contributed by atoms with Crippen molar-refractivity contribution < 1.29 is 9.47 Å². The first-order chi connectivity index (χ1) is 9.30. The predicted octanol–water partition coefficient (Wildman–Crippen LogP) is 1.42. The van der Waals surface area contributed by atoms with Crippen molar-refractivity contribution in [1.29, 1.82) is 0 Å². The summed E-state index contributed by atoms with van der Waals surface area (Å²) in [4.78, 5) is 4.07. The molecule has 1 rings (SSSR count). The highest BCUT2D eigenvalue weighted by Gasteiger charge is 1.98. The third kappa shape index (κ3) is 5.81. The van der Waals surface area contributed by atoms with Gasteiger partial charge in [-0.05, 0) is 12.1 Å². The molecular formula is C14H21N3O2. The fourth-order valence-electron chi connectivity index (χ4n) is 1.42. The molecule has 0 aliphatic rings. The van der Waals surface area contributed by atoms with Crippen LogP contribution in [0.1, 0.15) is 0 Å². The average Bonchev–Trinajstić information content (AvgIpc) is 2.47. The molecule has 0 radical (unpaired) electrons. The van der Waals surface area contributed by atoms with Crippen LogP contribution in [0.15, 0.2) is 41.9 Å². The van der Waals surface area contributed by atoms with Crippen LogP contribution < -0.4 is 20.1 Å². The number of guanidine groups is 1. The molecule has 0 aliphatic carbocycles. The van der Waals surface area contributed by atoms with E-state index in [-0.39, 0.29) is 0 Å². The maximum Gasteiger partial charge on any atom is 0.191 e. The first kappa shape index (κ1) is 14.9. The van der Waals surface area contributed by atoms with Gasteiger partial charge in [-0.1, -0.05) is 12.1 Å². The van der Waals surface area contributed by atoms with Gasteiger partial charge in [0, 0.05) is 19.7 Å². The molecule has 0 aromatic heterocycles. The van der Waals surface area contributed by atoms with Crippen molar-refractivity contribution in [2.45, 2.75) is 0 Å². The van der Waals surface area contributed by atoms with E-state index in [4.69, 9.17) is 9.47 Å². The number of nitrogens with one attached hydrogen (secondary N) is 2. The molecule has 0 atom stereocenters. The minimum absolute atomic E-state index is 0.544. The van der Waals surface area contributed by atoms with Gasteiger partial charge in [0.15, 0.2) is 5.96 Å². The quantitative estimate of drug-likeness (QED) is 0.338. The Labute approximate surface area is 114 Å². The summed E-state index contributed by atoms with van der Waals surface area (Å²) in [5.41, 5.74) is 0. The van der Waals surface area contributed by atoms with Gasteiger partial charge in [-0.25, -0.2) is 0 Å². The normalized spacial score (nSPS) is 10.7. The van der Waals surface area contributed by atoms with Gasteiger partial charge >= 0.3 is 0 Å². The monoisotopic (exact) mass is 263 g/mol. The summed E-state index contributed by atoms with van der Waals surface area (Å²) >= 11 is 0. The maximum absolute atomic E-state index is 5.60. The summed E-state index contributed by atoms with van der Waals surface area (Å²) in [6, 6.07) is 7.52. The van der Waals surface area contributed by atoms with Crippen LogP contribution in [0.5, 0.6) is 11.5 Å². The van der Waals surface area contributed by atoms with Gasteiger partial charge in [0.2, 0.25) is 0 Å². The lowest BCUT2D eigenvalue weighted by Gasteiger charge is -2.11. The van der Waals surface area contributed by atoms with Gasteiger partial charge in [-0.3, -0.25) is 4.99 Å². The minimum atomic E-state index is 0.544. The van der Waals surface area contributed by atoms with Gasteiger partial charge in [0.1, 0.15) is 18.1 Å². The Balaban J connectivity index is 2.27. The van der Waals surface area contributed by atoms with E-state index < -0.39 is 0 Å². The Morgan fingerprint density at radius 2 is 2.16 bits per heavy atom. The van der Waals surface area contributed by atoms with Gasteiger partial charge in [-0.2, -0.15) is 0 Å². The molecule has 104 valence electrons. The molecule has 19 heavy (non-hydrogen) atoms. The van der Waals surface area contributed by atoms with Gasteiger partial charge < -0.3 is 20.1 Å². The van der Waals surface area contributed by atoms with Crippen LogP contribution in [0.4, 0.5) is 0 Å². The lowest BCUT2D eigenvalue weighted by molar-refractivity contribution is 0.319. The molecule has 1 aromatic rings. The first-order valence-electron chi connectivity index (χ1n) is 6.12.